The van der Waals surface area contributed by atoms with Crippen LogP contribution in [0.3, 0.4) is 0 Å². The third-order valence-electron chi connectivity index (χ3n) is 2.63. The highest BCUT2D eigenvalue weighted by atomic mass is 16.5. The van der Waals surface area contributed by atoms with Crippen molar-refractivity contribution in [2.75, 3.05) is 7.11 Å². The fourth-order valence-corrected chi connectivity index (χ4v) is 1.60. The van der Waals surface area contributed by atoms with Crippen molar-refractivity contribution in [3.8, 4) is 11.5 Å². The number of aromatic hydroxyl groups is 1. The van der Waals surface area contributed by atoms with Crippen LogP contribution in [0.4, 0.5) is 0 Å². The predicted molar refractivity (Wildman–Crippen MR) is 76.2 cm³/mol. The summed E-state index contributed by atoms with van der Waals surface area (Å²) in [6, 6.07) is 13.8. The fourth-order valence-electron chi connectivity index (χ4n) is 1.60. The first-order chi connectivity index (χ1) is 9.70. The first-order valence-corrected chi connectivity index (χ1v) is 5.96. The average molecular weight is 270 g/mol. The number of nitrogens with zero attached hydrogens (tertiary/aromatic N) is 1. The van der Waals surface area contributed by atoms with Crippen LogP contribution in [0.15, 0.2) is 53.6 Å². The molecule has 2 N–H and O–H groups in total. The van der Waals surface area contributed by atoms with Gasteiger partial charge in [-0.25, -0.2) is 5.43 Å². The van der Waals surface area contributed by atoms with Crippen LogP contribution in [0.1, 0.15) is 15.9 Å². The van der Waals surface area contributed by atoms with Crippen LogP contribution in [0, 0.1) is 0 Å². The Morgan fingerprint density at radius 2 is 2.00 bits per heavy atom. The number of hydrogen-bond acceptors (Lipinski definition) is 4. The summed E-state index contributed by atoms with van der Waals surface area (Å²) in [4.78, 5) is 11.8. The van der Waals surface area contributed by atoms with E-state index < -0.39 is 5.91 Å². The molecule has 0 unspecified atom stereocenters. The first-order valence-electron chi connectivity index (χ1n) is 5.96. The molecule has 0 atom stereocenters. The molecule has 0 fully saturated rings. The fraction of sp³-hybridized carbons (Fsp3) is 0.0667. The molecule has 0 saturated heterocycles. The number of phenols is 1. The summed E-state index contributed by atoms with van der Waals surface area (Å²) in [5, 5.41) is 13.6. The van der Waals surface area contributed by atoms with Crippen molar-refractivity contribution in [3.05, 3.63) is 59.7 Å². The molecule has 102 valence electrons. The number of carbonyl (C=O) groups excluding carboxylic acids is 1. The lowest BCUT2D eigenvalue weighted by Gasteiger charge is -2.05. The van der Waals surface area contributed by atoms with E-state index in [2.05, 4.69) is 10.5 Å². The van der Waals surface area contributed by atoms with Gasteiger partial charge in [-0.1, -0.05) is 30.3 Å². The molecule has 0 saturated carbocycles. The van der Waals surface area contributed by atoms with Crippen LogP contribution < -0.4 is 10.2 Å². The summed E-state index contributed by atoms with van der Waals surface area (Å²) in [6.45, 7) is 0. The minimum absolute atomic E-state index is 0.135. The van der Waals surface area contributed by atoms with Crippen molar-refractivity contribution in [1.29, 1.82) is 0 Å². The van der Waals surface area contributed by atoms with Crippen LogP contribution in [-0.4, -0.2) is 24.3 Å². The van der Waals surface area contributed by atoms with Gasteiger partial charge in [0.1, 0.15) is 11.5 Å². The van der Waals surface area contributed by atoms with E-state index in [9.17, 15) is 9.90 Å². The smallest absolute Gasteiger partial charge is 0.275 e. The molecule has 5 heteroatoms. The highest BCUT2D eigenvalue weighted by Gasteiger charge is 2.10. The topological polar surface area (TPSA) is 70.9 Å². The molecule has 2 aromatic carbocycles. The summed E-state index contributed by atoms with van der Waals surface area (Å²) < 4.78 is 4.95. The number of nitrogens with one attached hydrogen (secondary N) is 1. The van der Waals surface area contributed by atoms with E-state index in [-0.39, 0.29) is 11.3 Å². The van der Waals surface area contributed by atoms with E-state index in [0.717, 1.165) is 5.56 Å². The van der Waals surface area contributed by atoms with Gasteiger partial charge in [0.2, 0.25) is 0 Å². The van der Waals surface area contributed by atoms with E-state index in [4.69, 9.17) is 4.74 Å². The lowest BCUT2D eigenvalue weighted by molar-refractivity contribution is 0.0952. The maximum atomic E-state index is 11.8. The van der Waals surface area contributed by atoms with Crippen molar-refractivity contribution in [1.82, 2.24) is 5.43 Å². The molecule has 0 aliphatic carbocycles. The van der Waals surface area contributed by atoms with E-state index in [0.29, 0.717) is 5.75 Å². The maximum absolute atomic E-state index is 11.8. The van der Waals surface area contributed by atoms with Crippen molar-refractivity contribution < 1.29 is 14.6 Å². The Balaban J connectivity index is 2.04. The Labute approximate surface area is 116 Å². The first kappa shape index (κ1) is 13.6. The summed E-state index contributed by atoms with van der Waals surface area (Å²) in [5.41, 5.74) is 3.36. The number of amides is 1. The molecule has 0 aromatic heterocycles. The van der Waals surface area contributed by atoms with Gasteiger partial charge in [0.15, 0.2) is 0 Å². The van der Waals surface area contributed by atoms with E-state index >= 15 is 0 Å². The normalized spacial score (nSPS) is 10.4. The van der Waals surface area contributed by atoms with Crippen LogP contribution in [-0.2, 0) is 0 Å². The highest BCUT2D eigenvalue weighted by molar-refractivity contribution is 5.97. The van der Waals surface area contributed by atoms with Crippen molar-refractivity contribution in [2.45, 2.75) is 0 Å². The van der Waals surface area contributed by atoms with Gasteiger partial charge in [-0.2, -0.15) is 5.10 Å². The Kier molecular flexibility index (Phi) is 4.34. The predicted octanol–water partition coefficient (Wildman–Crippen LogP) is 2.16. The van der Waals surface area contributed by atoms with Gasteiger partial charge in [-0.05, 0) is 17.7 Å². The molecule has 0 aliphatic rings. The zero-order valence-electron chi connectivity index (χ0n) is 10.9. The largest absolute Gasteiger partial charge is 0.507 e. The van der Waals surface area contributed by atoms with Gasteiger partial charge < -0.3 is 9.84 Å². The number of phenolic OH excluding ortho intramolecular Hbond substituents is 1. The molecular weight excluding hydrogens is 256 g/mol. The van der Waals surface area contributed by atoms with Gasteiger partial charge in [0.25, 0.3) is 5.91 Å². The number of benzene rings is 2. The Morgan fingerprint density at radius 1 is 1.25 bits per heavy atom. The second-order valence-corrected chi connectivity index (χ2v) is 3.99. The minimum Gasteiger partial charge on any atom is -0.507 e. The number of rotatable bonds is 4. The van der Waals surface area contributed by atoms with E-state index in [1.807, 2.05) is 30.3 Å². The average Bonchev–Trinajstić information content (AvgIpc) is 2.48. The highest BCUT2D eigenvalue weighted by Crippen LogP contribution is 2.23. The number of hydrazone groups is 1. The molecule has 1 amide bonds. The van der Waals surface area contributed by atoms with Crippen LogP contribution >= 0.6 is 0 Å². The quantitative estimate of drug-likeness (QED) is 0.660. The van der Waals surface area contributed by atoms with Gasteiger partial charge >= 0.3 is 0 Å². The number of carbonyl (C=O) groups is 1. The standard InChI is InChI=1S/C15H14N2O3/c1-20-12-7-8-13(14(18)9-12)15(19)17-16-10-11-5-3-2-4-6-11/h2-10,18H,1H3,(H,17,19)/b16-10-. The number of ether oxygens (including phenoxy) is 1. The van der Waals surface area contributed by atoms with Crippen LogP contribution in [0.5, 0.6) is 11.5 Å². The minimum atomic E-state index is -0.489. The maximum Gasteiger partial charge on any atom is 0.275 e. The lowest BCUT2D eigenvalue weighted by atomic mass is 10.2. The van der Waals surface area contributed by atoms with Crippen LogP contribution in [0.2, 0.25) is 0 Å². The zero-order chi connectivity index (χ0) is 14.4. The number of hydrogen-bond donors (Lipinski definition) is 2. The second kappa shape index (κ2) is 6.38. The molecule has 5 nitrogen and oxygen atoms in total. The Morgan fingerprint density at radius 3 is 2.65 bits per heavy atom. The summed E-state index contributed by atoms with van der Waals surface area (Å²) in [6.07, 6.45) is 1.53. The molecule has 2 aromatic rings. The summed E-state index contributed by atoms with van der Waals surface area (Å²) in [5.74, 6) is -0.166. The van der Waals surface area contributed by atoms with Crippen LogP contribution in [0.25, 0.3) is 0 Å². The van der Waals surface area contributed by atoms with Gasteiger partial charge in [0.05, 0.1) is 18.9 Å². The van der Waals surface area contributed by atoms with Gasteiger partial charge in [0, 0.05) is 6.07 Å². The Hall–Kier alpha value is -2.82. The molecule has 0 bridgehead atoms. The molecule has 0 aliphatic heterocycles. The summed E-state index contributed by atoms with van der Waals surface area (Å²) in [7, 11) is 1.48. The van der Waals surface area contributed by atoms with Crippen molar-refractivity contribution in [2.24, 2.45) is 5.10 Å². The lowest BCUT2D eigenvalue weighted by Crippen LogP contribution is -2.17. The molecule has 20 heavy (non-hydrogen) atoms. The zero-order valence-corrected chi connectivity index (χ0v) is 10.9. The van der Waals surface area contributed by atoms with E-state index in [1.54, 1.807) is 6.07 Å². The molecular formula is C15H14N2O3. The second-order valence-electron chi connectivity index (χ2n) is 3.99. The molecule has 0 spiro atoms. The summed E-state index contributed by atoms with van der Waals surface area (Å²) >= 11 is 0. The van der Waals surface area contributed by atoms with Gasteiger partial charge in [-0.15, -0.1) is 0 Å². The monoisotopic (exact) mass is 270 g/mol. The third kappa shape index (κ3) is 3.35. The SMILES string of the molecule is COc1ccc(C(=O)N/N=C\c2ccccc2)c(O)c1. The van der Waals surface area contributed by atoms with E-state index in [1.165, 1.54) is 25.5 Å². The van der Waals surface area contributed by atoms with Crippen molar-refractivity contribution >= 4 is 12.1 Å². The molecule has 0 heterocycles. The van der Waals surface area contributed by atoms with Gasteiger partial charge in [-0.3, -0.25) is 4.79 Å². The molecule has 0 radical (unpaired) electrons. The number of methoxy groups -OCH3 is 1. The van der Waals surface area contributed by atoms with Crippen molar-refractivity contribution in [3.63, 3.8) is 0 Å². The third-order valence-corrected chi connectivity index (χ3v) is 2.63. The molecule has 2 rings (SSSR count). The Bertz CT molecular complexity index is 624.